The molecule has 0 aromatic heterocycles. The number of ether oxygens (including phenoxy) is 1. The van der Waals surface area contributed by atoms with Crippen molar-refractivity contribution in [3.05, 3.63) is 0 Å². The summed E-state index contributed by atoms with van der Waals surface area (Å²) in [7, 11) is 2.97. The number of hydrogen-bond acceptors (Lipinski definition) is 4. The predicted molar refractivity (Wildman–Crippen MR) is 70.2 cm³/mol. The zero-order chi connectivity index (χ0) is 15.1. The smallest absolute Gasteiger partial charge is 0.326 e. The van der Waals surface area contributed by atoms with E-state index >= 15 is 0 Å². The highest BCUT2D eigenvalue weighted by Gasteiger charge is 2.35. The molecule has 0 spiro atoms. The van der Waals surface area contributed by atoms with Gasteiger partial charge in [-0.25, -0.2) is 9.59 Å². The summed E-state index contributed by atoms with van der Waals surface area (Å²) >= 11 is 0. The molecule has 2 atom stereocenters. The average molecular weight is 287 g/mol. The number of nitrogens with zero attached hydrogens (tertiary/aromatic N) is 1. The molecule has 0 radical (unpaired) electrons. The van der Waals surface area contributed by atoms with Crippen LogP contribution >= 0.6 is 0 Å². The third kappa shape index (κ3) is 4.09. The van der Waals surface area contributed by atoms with E-state index in [2.05, 4.69) is 10.6 Å². The van der Waals surface area contributed by atoms with Crippen molar-refractivity contribution in [2.75, 3.05) is 27.3 Å². The van der Waals surface area contributed by atoms with Crippen molar-refractivity contribution in [2.45, 2.75) is 31.3 Å². The molecule has 3 N–H and O–H groups in total. The van der Waals surface area contributed by atoms with E-state index in [1.807, 2.05) is 0 Å². The van der Waals surface area contributed by atoms with Gasteiger partial charge in [0.05, 0.1) is 0 Å². The Morgan fingerprint density at radius 2 is 2.15 bits per heavy atom. The van der Waals surface area contributed by atoms with E-state index in [0.717, 1.165) is 6.42 Å². The zero-order valence-corrected chi connectivity index (χ0v) is 11.7. The van der Waals surface area contributed by atoms with Crippen molar-refractivity contribution in [3.63, 3.8) is 0 Å². The Morgan fingerprint density at radius 1 is 1.45 bits per heavy atom. The summed E-state index contributed by atoms with van der Waals surface area (Å²) < 4.78 is 4.81. The number of likely N-dealkylation sites (N-methyl/N-ethyl adjacent to an activating group) is 1. The second-order valence-electron chi connectivity index (χ2n) is 4.59. The fourth-order valence-electron chi connectivity index (χ4n) is 2.17. The molecule has 0 aromatic carbocycles. The Kier molecular flexibility index (Phi) is 6.23. The van der Waals surface area contributed by atoms with Gasteiger partial charge in [0.25, 0.3) is 0 Å². The summed E-state index contributed by atoms with van der Waals surface area (Å²) in [6, 6.07) is -2.08. The zero-order valence-electron chi connectivity index (χ0n) is 11.7. The summed E-state index contributed by atoms with van der Waals surface area (Å²) in [5.41, 5.74) is 0. The number of hydrogen-bond donors (Lipinski definition) is 3. The first-order valence-electron chi connectivity index (χ1n) is 6.51. The normalized spacial score (nSPS) is 19.5. The number of methoxy groups -OCH3 is 1. The van der Waals surface area contributed by atoms with Crippen LogP contribution in [0.15, 0.2) is 0 Å². The molecule has 3 amide bonds. The molecule has 1 heterocycles. The molecule has 2 unspecified atom stereocenters. The van der Waals surface area contributed by atoms with Crippen molar-refractivity contribution in [3.8, 4) is 0 Å². The van der Waals surface area contributed by atoms with Gasteiger partial charge < -0.3 is 25.4 Å². The highest BCUT2D eigenvalue weighted by Crippen LogP contribution is 2.17. The number of likely N-dealkylation sites (tertiary alicyclic amines) is 1. The van der Waals surface area contributed by atoms with Gasteiger partial charge in [-0.3, -0.25) is 4.79 Å². The van der Waals surface area contributed by atoms with E-state index in [9.17, 15) is 14.4 Å². The summed E-state index contributed by atoms with van der Waals surface area (Å²) in [6.07, 6.45) is 1.49. The first kappa shape index (κ1) is 16.2. The number of aliphatic carboxylic acids is 1. The maximum Gasteiger partial charge on any atom is 0.326 e. The van der Waals surface area contributed by atoms with Crippen molar-refractivity contribution in [1.82, 2.24) is 15.5 Å². The molecule has 1 fully saturated rings. The van der Waals surface area contributed by atoms with Gasteiger partial charge in [-0.05, 0) is 12.8 Å². The SMILES string of the molecule is CNC(=O)C1CCCN1C(=O)NC(CCOC)C(=O)O. The number of carbonyl (C=O) groups is 3. The number of carbonyl (C=O) groups excluding carboxylic acids is 2. The molecular formula is C12H21N3O5. The molecule has 0 aliphatic carbocycles. The minimum absolute atomic E-state index is 0.177. The lowest BCUT2D eigenvalue weighted by Crippen LogP contribution is -2.52. The number of rotatable bonds is 6. The molecule has 20 heavy (non-hydrogen) atoms. The second kappa shape index (κ2) is 7.68. The third-order valence-electron chi connectivity index (χ3n) is 3.27. The summed E-state index contributed by atoms with van der Waals surface area (Å²) in [5.74, 6) is -1.35. The van der Waals surface area contributed by atoms with E-state index in [4.69, 9.17) is 9.84 Å². The number of carboxylic acid groups (broad SMARTS) is 1. The molecule has 114 valence electrons. The second-order valence-corrected chi connectivity index (χ2v) is 4.59. The highest BCUT2D eigenvalue weighted by molar-refractivity contribution is 5.89. The molecule has 8 heteroatoms. The Balaban J connectivity index is 2.63. The van der Waals surface area contributed by atoms with Gasteiger partial charge in [-0.2, -0.15) is 0 Å². The van der Waals surface area contributed by atoms with Gasteiger partial charge in [-0.1, -0.05) is 0 Å². The molecular weight excluding hydrogens is 266 g/mol. The van der Waals surface area contributed by atoms with Crippen LogP contribution in [-0.4, -0.2) is 67.3 Å². The third-order valence-corrected chi connectivity index (χ3v) is 3.27. The summed E-state index contributed by atoms with van der Waals surface area (Å²) in [5, 5.41) is 14.0. The number of amides is 3. The van der Waals surface area contributed by atoms with Crippen molar-refractivity contribution < 1.29 is 24.2 Å². The first-order valence-corrected chi connectivity index (χ1v) is 6.51. The van der Waals surface area contributed by atoms with E-state index in [-0.39, 0.29) is 18.9 Å². The van der Waals surface area contributed by atoms with Crippen LogP contribution in [0.2, 0.25) is 0 Å². The van der Waals surface area contributed by atoms with Crippen LogP contribution in [0.3, 0.4) is 0 Å². The van der Waals surface area contributed by atoms with Crippen molar-refractivity contribution >= 4 is 17.9 Å². The first-order chi connectivity index (χ1) is 9.51. The number of nitrogens with one attached hydrogen (secondary N) is 2. The minimum Gasteiger partial charge on any atom is -0.480 e. The van der Waals surface area contributed by atoms with E-state index in [0.29, 0.717) is 13.0 Å². The molecule has 1 aliphatic heterocycles. The van der Waals surface area contributed by atoms with Gasteiger partial charge in [0.2, 0.25) is 5.91 Å². The van der Waals surface area contributed by atoms with Crippen LogP contribution < -0.4 is 10.6 Å². The number of urea groups is 1. The predicted octanol–water partition coefficient (Wildman–Crippen LogP) is -0.604. The Hall–Kier alpha value is -1.83. The van der Waals surface area contributed by atoms with Crippen LogP contribution in [0.4, 0.5) is 4.79 Å². The molecule has 0 saturated carbocycles. The molecule has 8 nitrogen and oxygen atoms in total. The maximum atomic E-state index is 12.1. The molecule has 0 bridgehead atoms. The highest BCUT2D eigenvalue weighted by atomic mass is 16.5. The number of carboxylic acids is 1. The summed E-state index contributed by atoms with van der Waals surface area (Å²) in [6.45, 7) is 0.677. The van der Waals surface area contributed by atoms with Crippen molar-refractivity contribution in [2.24, 2.45) is 0 Å². The monoisotopic (exact) mass is 287 g/mol. The Morgan fingerprint density at radius 3 is 2.70 bits per heavy atom. The lowest BCUT2D eigenvalue weighted by molar-refractivity contribution is -0.139. The van der Waals surface area contributed by atoms with Crippen LogP contribution in [-0.2, 0) is 14.3 Å². The fraction of sp³-hybridized carbons (Fsp3) is 0.750. The molecule has 1 saturated heterocycles. The van der Waals surface area contributed by atoms with Crippen LogP contribution in [0.25, 0.3) is 0 Å². The quantitative estimate of drug-likeness (QED) is 0.604. The maximum absolute atomic E-state index is 12.1. The van der Waals surface area contributed by atoms with Gasteiger partial charge in [-0.15, -0.1) is 0 Å². The molecule has 1 aliphatic rings. The molecule has 1 rings (SSSR count). The summed E-state index contributed by atoms with van der Waals surface area (Å²) in [4.78, 5) is 36.2. The lowest BCUT2D eigenvalue weighted by Gasteiger charge is -2.25. The van der Waals surface area contributed by atoms with Gasteiger partial charge in [0.1, 0.15) is 12.1 Å². The Bertz CT molecular complexity index is 374. The average Bonchev–Trinajstić information content (AvgIpc) is 2.91. The van der Waals surface area contributed by atoms with Crippen LogP contribution in [0, 0.1) is 0 Å². The minimum atomic E-state index is -1.12. The van der Waals surface area contributed by atoms with Crippen molar-refractivity contribution in [1.29, 1.82) is 0 Å². The largest absolute Gasteiger partial charge is 0.480 e. The van der Waals surface area contributed by atoms with Crippen LogP contribution in [0.5, 0.6) is 0 Å². The van der Waals surface area contributed by atoms with E-state index < -0.39 is 24.1 Å². The molecule has 0 aromatic rings. The standard InChI is InChI=1S/C12H21N3O5/c1-13-10(16)9-4-3-6-15(9)12(19)14-8(11(17)18)5-7-20-2/h8-9H,3-7H2,1-2H3,(H,13,16)(H,14,19)(H,17,18). The van der Waals surface area contributed by atoms with E-state index in [1.54, 1.807) is 0 Å². The lowest BCUT2D eigenvalue weighted by atomic mass is 10.2. The topological polar surface area (TPSA) is 108 Å². The van der Waals surface area contributed by atoms with Crippen LogP contribution in [0.1, 0.15) is 19.3 Å². The Labute approximate surface area is 117 Å². The van der Waals surface area contributed by atoms with Gasteiger partial charge in [0, 0.05) is 33.7 Å². The fourth-order valence-corrected chi connectivity index (χ4v) is 2.17. The van der Waals surface area contributed by atoms with Gasteiger partial charge in [0.15, 0.2) is 0 Å². The van der Waals surface area contributed by atoms with E-state index in [1.165, 1.54) is 19.1 Å². The van der Waals surface area contributed by atoms with Gasteiger partial charge >= 0.3 is 12.0 Å².